The smallest absolute Gasteiger partial charge is 0.245 e. The Morgan fingerprint density at radius 2 is 1.83 bits per heavy atom. The summed E-state index contributed by atoms with van der Waals surface area (Å²) in [6.45, 7) is 1.62. The topological polar surface area (TPSA) is 114 Å². The van der Waals surface area contributed by atoms with Gasteiger partial charge in [-0.25, -0.2) is 0 Å². The fourth-order valence-electron chi connectivity index (χ4n) is 3.47. The van der Waals surface area contributed by atoms with Gasteiger partial charge >= 0.3 is 0 Å². The van der Waals surface area contributed by atoms with E-state index in [0.717, 1.165) is 11.8 Å². The Kier molecular flexibility index (Phi) is 5.61. The highest BCUT2D eigenvalue weighted by atomic mass is 16.5. The molecule has 1 aliphatic rings. The first-order valence-electron chi connectivity index (χ1n) is 9.18. The zero-order valence-electron chi connectivity index (χ0n) is 16.3. The Morgan fingerprint density at radius 3 is 2.34 bits per heavy atom. The number of nitrogens with two attached hydrogens (primary N) is 1. The van der Waals surface area contributed by atoms with Crippen molar-refractivity contribution in [2.75, 3.05) is 18.6 Å². The lowest BCUT2D eigenvalue weighted by Crippen LogP contribution is -2.38. The molecule has 0 bridgehead atoms. The quantitative estimate of drug-likeness (QED) is 0.321. The Labute approximate surface area is 169 Å². The van der Waals surface area contributed by atoms with Gasteiger partial charge in [0, 0.05) is 24.8 Å². The minimum atomic E-state index is -1.27. The summed E-state index contributed by atoms with van der Waals surface area (Å²) in [5, 5.41) is 7.46. The molecule has 2 aromatic carbocycles. The number of Topliss-reactive ketones (excluding diaryl/α,β-unsaturated/α-hetero) is 1. The summed E-state index contributed by atoms with van der Waals surface area (Å²) < 4.78 is 5.07. The molecule has 0 spiro atoms. The van der Waals surface area contributed by atoms with E-state index in [0.29, 0.717) is 23.2 Å². The third kappa shape index (κ3) is 3.69. The zero-order valence-corrected chi connectivity index (χ0v) is 16.3. The van der Waals surface area contributed by atoms with E-state index >= 15 is 0 Å². The predicted octanol–water partition coefficient (Wildman–Crippen LogP) is 1.60. The van der Waals surface area contributed by atoms with Crippen molar-refractivity contribution in [2.24, 2.45) is 5.73 Å². The number of amides is 1. The molecule has 1 fully saturated rings. The standard InChI is InChI=1S/C22H23N3O4/c1-22(16-7-3-14(4-8-16)11-18(13-26)29-2)19(27)12-25(21(22)28)17-9-5-15(6-10-17)20(23)24/h3-10,13,18H,11-12H2,1-2H3,(H3,23,24). The van der Waals surface area contributed by atoms with Gasteiger partial charge in [-0.05, 0) is 42.3 Å². The fraction of sp³-hybridized carbons (Fsp3) is 0.273. The van der Waals surface area contributed by atoms with Crippen molar-refractivity contribution in [3.05, 3.63) is 65.2 Å². The molecule has 7 heteroatoms. The SMILES string of the molecule is COC(C=O)Cc1ccc(C2(C)C(=O)CN(c3ccc(C(=N)N)cc3)C2=O)cc1. The van der Waals surface area contributed by atoms with Crippen LogP contribution in [0.2, 0.25) is 0 Å². The maximum Gasteiger partial charge on any atom is 0.245 e. The highest BCUT2D eigenvalue weighted by Gasteiger charge is 2.51. The Morgan fingerprint density at radius 1 is 1.21 bits per heavy atom. The number of anilines is 1. The number of carbonyl (C=O) groups excluding carboxylic acids is 3. The van der Waals surface area contributed by atoms with Crippen LogP contribution in [0.3, 0.4) is 0 Å². The molecule has 2 unspecified atom stereocenters. The number of nitrogens with zero attached hydrogens (tertiary/aromatic N) is 1. The van der Waals surface area contributed by atoms with Crippen LogP contribution in [0.4, 0.5) is 5.69 Å². The molecule has 3 N–H and O–H groups in total. The average Bonchev–Trinajstić information content (AvgIpc) is 2.97. The summed E-state index contributed by atoms with van der Waals surface area (Å²) in [6, 6.07) is 13.8. The second kappa shape index (κ2) is 7.97. The molecular formula is C22H23N3O4. The number of benzene rings is 2. The molecule has 7 nitrogen and oxygen atoms in total. The molecule has 29 heavy (non-hydrogen) atoms. The van der Waals surface area contributed by atoms with Gasteiger partial charge in [-0.15, -0.1) is 0 Å². The molecular weight excluding hydrogens is 370 g/mol. The van der Waals surface area contributed by atoms with Crippen molar-refractivity contribution >= 4 is 29.5 Å². The molecule has 1 saturated heterocycles. The van der Waals surface area contributed by atoms with Gasteiger partial charge in [-0.3, -0.25) is 15.0 Å². The fourth-order valence-corrected chi connectivity index (χ4v) is 3.47. The maximum atomic E-state index is 13.2. The van der Waals surface area contributed by atoms with E-state index in [2.05, 4.69) is 0 Å². The highest BCUT2D eigenvalue weighted by molar-refractivity contribution is 6.24. The molecule has 2 aromatic rings. The van der Waals surface area contributed by atoms with Gasteiger partial charge in [-0.2, -0.15) is 0 Å². The largest absolute Gasteiger partial charge is 0.384 e. The van der Waals surface area contributed by atoms with Gasteiger partial charge < -0.3 is 20.2 Å². The van der Waals surface area contributed by atoms with E-state index in [1.807, 2.05) is 0 Å². The van der Waals surface area contributed by atoms with E-state index in [4.69, 9.17) is 15.9 Å². The average molecular weight is 393 g/mol. The van der Waals surface area contributed by atoms with Crippen molar-refractivity contribution < 1.29 is 19.1 Å². The van der Waals surface area contributed by atoms with Crippen molar-refractivity contribution in [2.45, 2.75) is 24.9 Å². The van der Waals surface area contributed by atoms with Crippen LogP contribution in [0.1, 0.15) is 23.6 Å². The number of methoxy groups -OCH3 is 1. The Hall–Kier alpha value is -3.32. The number of ether oxygens (including phenoxy) is 1. The molecule has 0 aliphatic carbocycles. The predicted molar refractivity (Wildman–Crippen MR) is 109 cm³/mol. The number of aldehydes is 1. The number of rotatable bonds is 7. The maximum absolute atomic E-state index is 13.2. The summed E-state index contributed by atoms with van der Waals surface area (Å²) in [7, 11) is 1.47. The molecule has 3 rings (SSSR count). The van der Waals surface area contributed by atoms with Crippen LogP contribution in [0, 0.1) is 5.41 Å². The minimum absolute atomic E-state index is 0.0204. The lowest BCUT2D eigenvalue weighted by molar-refractivity contribution is -0.128. The first-order chi connectivity index (χ1) is 13.8. The number of hydrogen-bond donors (Lipinski definition) is 2. The number of amidine groups is 1. The number of hydrogen-bond acceptors (Lipinski definition) is 5. The number of ketones is 1. The van der Waals surface area contributed by atoms with E-state index in [-0.39, 0.29) is 24.1 Å². The van der Waals surface area contributed by atoms with Crippen molar-refractivity contribution in [3.63, 3.8) is 0 Å². The Balaban J connectivity index is 1.85. The van der Waals surface area contributed by atoms with Gasteiger partial charge in [0.2, 0.25) is 5.91 Å². The molecule has 2 atom stereocenters. The molecule has 150 valence electrons. The van der Waals surface area contributed by atoms with Crippen molar-refractivity contribution in [1.29, 1.82) is 5.41 Å². The summed E-state index contributed by atoms with van der Waals surface area (Å²) in [6.07, 6.45) is 0.641. The summed E-state index contributed by atoms with van der Waals surface area (Å²) >= 11 is 0. The van der Waals surface area contributed by atoms with Gasteiger partial charge in [-0.1, -0.05) is 24.3 Å². The third-order valence-electron chi connectivity index (χ3n) is 5.44. The van der Waals surface area contributed by atoms with E-state index in [1.54, 1.807) is 55.5 Å². The summed E-state index contributed by atoms with van der Waals surface area (Å²) in [5.41, 5.74) is 6.82. The molecule has 0 radical (unpaired) electrons. The van der Waals surface area contributed by atoms with Gasteiger partial charge in [0.15, 0.2) is 5.78 Å². The molecule has 0 saturated carbocycles. The van der Waals surface area contributed by atoms with Crippen molar-refractivity contribution in [3.8, 4) is 0 Å². The van der Waals surface area contributed by atoms with Crippen LogP contribution >= 0.6 is 0 Å². The van der Waals surface area contributed by atoms with E-state index in [9.17, 15) is 14.4 Å². The molecule has 1 amide bonds. The lowest BCUT2D eigenvalue weighted by atomic mass is 9.79. The normalized spacial score (nSPS) is 20.0. The molecule has 1 heterocycles. The van der Waals surface area contributed by atoms with Gasteiger partial charge in [0.25, 0.3) is 0 Å². The third-order valence-corrected chi connectivity index (χ3v) is 5.44. The van der Waals surface area contributed by atoms with Crippen molar-refractivity contribution in [1.82, 2.24) is 0 Å². The molecule has 0 aromatic heterocycles. The summed E-state index contributed by atoms with van der Waals surface area (Å²) in [5.74, 6) is -0.544. The molecule has 1 aliphatic heterocycles. The first-order valence-corrected chi connectivity index (χ1v) is 9.18. The number of nitrogen functional groups attached to an aromatic ring is 1. The van der Waals surface area contributed by atoms with Crippen LogP contribution < -0.4 is 10.6 Å². The van der Waals surface area contributed by atoms with Crippen LogP contribution in [0.15, 0.2) is 48.5 Å². The second-order valence-corrected chi connectivity index (χ2v) is 7.21. The Bertz CT molecular complexity index is 953. The number of carbonyl (C=O) groups is 3. The van der Waals surface area contributed by atoms with Gasteiger partial charge in [0.05, 0.1) is 6.54 Å². The first kappa shape index (κ1) is 20.4. The van der Waals surface area contributed by atoms with Crippen LogP contribution in [-0.4, -0.2) is 43.6 Å². The van der Waals surface area contributed by atoms with Gasteiger partial charge in [0.1, 0.15) is 23.6 Å². The second-order valence-electron chi connectivity index (χ2n) is 7.21. The highest BCUT2D eigenvalue weighted by Crippen LogP contribution is 2.35. The monoisotopic (exact) mass is 393 g/mol. The minimum Gasteiger partial charge on any atom is -0.384 e. The van der Waals surface area contributed by atoms with Crippen LogP contribution in [0.25, 0.3) is 0 Å². The van der Waals surface area contributed by atoms with Crippen LogP contribution in [-0.2, 0) is 31.0 Å². The number of nitrogens with one attached hydrogen (secondary N) is 1. The lowest BCUT2D eigenvalue weighted by Gasteiger charge is -2.23. The van der Waals surface area contributed by atoms with E-state index < -0.39 is 11.5 Å². The van der Waals surface area contributed by atoms with E-state index in [1.165, 1.54) is 12.0 Å². The van der Waals surface area contributed by atoms with Crippen LogP contribution in [0.5, 0.6) is 0 Å². The zero-order chi connectivity index (χ0) is 21.2. The summed E-state index contributed by atoms with van der Waals surface area (Å²) in [4.78, 5) is 38.4.